The topological polar surface area (TPSA) is 51.2 Å². The largest absolute Gasteiger partial charge is 0.465 e. The van der Waals surface area contributed by atoms with Crippen LogP contribution in [0.3, 0.4) is 0 Å². The van der Waals surface area contributed by atoms with Gasteiger partial charge in [0.1, 0.15) is 11.3 Å². The van der Waals surface area contributed by atoms with Crippen LogP contribution in [0.1, 0.15) is 42.9 Å². The highest BCUT2D eigenvalue weighted by atomic mass is 79.9. The molecule has 0 bridgehead atoms. The highest BCUT2D eigenvalue weighted by Gasteiger charge is 2.27. The first kappa shape index (κ1) is 13.6. The number of aromatic nitrogens is 2. The van der Waals surface area contributed by atoms with Gasteiger partial charge in [-0.25, -0.2) is 0 Å². The minimum atomic E-state index is -0.923. The van der Waals surface area contributed by atoms with Crippen LogP contribution in [0.5, 0.6) is 0 Å². The van der Waals surface area contributed by atoms with Crippen molar-refractivity contribution in [3.8, 4) is 0 Å². The Bertz CT molecular complexity index is 562. The van der Waals surface area contributed by atoms with Gasteiger partial charge in [0, 0.05) is 12.6 Å². The summed E-state index contributed by atoms with van der Waals surface area (Å²) in [7, 11) is 1.75. The second-order valence-corrected chi connectivity index (χ2v) is 5.62. The van der Waals surface area contributed by atoms with E-state index < -0.39 is 6.10 Å². The van der Waals surface area contributed by atoms with Crippen LogP contribution in [0.2, 0.25) is 5.15 Å². The van der Waals surface area contributed by atoms with Crippen LogP contribution in [0.4, 0.5) is 0 Å². The summed E-state index contributed by atoms with van der Waals surface area (Å²) < 4.78 is 7.56. The molecule has 0 aliphatic heterocycles. The molecule has 0 radical (unpaired) electrons. The molecule has 0 amide bonds. The molecule has 1 N–H and O–H groups in total. The molecule has 0 aliphatic carbocycles. The van der Waals surface area contributed by atoms with Gasteiger partial charge in [-0.1, -0.05) is 25.4 Å². The number of halogens is 2. The lowest BCUT2D eigenvalue weighted by atomic mass is 10.0. The average molecular weight is 334 g/mol. The van der Waals surface area contributed by atoms with E-state index in [9.17, 15) is 5.11 Å². The molecule has 0 aromatic carbocycles. The molecular formula is C12H14BrClN2O2. The average Bonchev–Trinajstić information content (AvgIpc) is 2.84. The molecular weight excluding hydrogens is 320 g/mol. The van der Waals surface area contributed by atoms with Gasteiger partial charge < -0.3 is 9.52 Å². The molecule has 98 valence electrons. The predicted octanol–water partition coefficient (Wildman–Crippen LogP) is 3.63. The van der Waals surface area contributed by atoms with Crippen LogP contribution in [0, 0.1) is 0 Å². The molecule has 0 saturated carbocycles. The standard InChI is InChI=1S/C12H14BrClN2O2/c1-6(2)9-8(12(14)16(3)15-9)10(17)11-7(13)4-5-18-11/h4-6,10,17H,1-3H3. The maximum absolute atomic E-state index is 10.4. The van der Waals surface area contributed by atoms with E-state index in [1.807, 2.05) is 13.8 Å². The lowest BCUT2D eigenvalue weighted by Crippen LogP contribution is -2.03. The molecule has 0 fully saturated rings. The quantitative estimate of drug-likeness (QED) is 0.933. The minimum Gasteiger partial charge on any atom is -0.465 e. The minimum absolute atomic E-state index is 0.169. The SMILES string of the molecule is CC(C)c1nn(C)c(Cl)c1C(O)c1occc1Br. The first-order valence-electron chi connectivity index (χ1n) is 5.56. The van der Waals surface area contributed by atoms with Gasteiger partial charge in [0.15, 0.2) is 5.76 Å². The van der Waals surface area contributed by atoms with Crippen LogP contribution >= 0.6 is 27.5 Å². The van der Waals surface area contributed by atoms with E-state index in [1.54, 1.807) is 17.8 Å². The fraction of sp³-hybridized carbons (Fsp3) is 0.417. The summed E-state index contributed by atoms with van der Waals surface area (Å²) in [5, 5.41) is 15.2. The van der Waals surface area contributed by atoms with Crippen molar-refractivity contribution in [3.05, 3.63) is 39.0 Å². The Morgan fingerprint density at radius 2 is 2.17 bits per heavy atom. The number of aliphatic hydroxyl groups excluding tert-OH is 1. The zero-order valence-corrected chi connectivity index (χ0v) is 12.7. The first-order valence-corrected chi connectivity index (χ1v) is 6.73. The number of hydrogen-bond donors (Lipinski definition) is 1. The molecule has 4 nitrogen and oxygen atoms in total. The summed E-state index contributed by atoms with van der Waals surface area (Å²) in [5.41, 5.74) is 1.38. The summed E-state index contributed by atoms with van der Waals surface area (Å²) in [5.74, 6) is 0.605. The lowest BCUT2D eigenvalue weighted by Gasteiger charge is -2.11. The van der Waals surface area contributed by atoms with Crippen molar-refractivity contribution in [2.24, 2.45) is 7.05 Å². The number of aryl methyl sites for hydroxylation is 1. The lowest BCUT2D eigenvalue weighted by molar-refractivity contribution is 0.187. The molecule has 0 spiro atoms. The number of rotatable bonds is 3. The molecule has 0 saturated heterocycles. The molecule has 6 heteroatoms. The molecule has 18 heavy (non-hydrogen) atoms. The van der Waals surface area contributed by atoms with Gasteiger partial charge >= 0.3 is 0 Å². The Morgan fingerprint density at radius 1 is 1.50 bits per heavy atom. The number of nitrogens with zero attached hydrogens (tertiary/aromatic N) is 2. The van der Waals surface area contributed by atoms with E-state index in [1.165, 1.54) is 6.26 Å². The van der Waals surface area contributed by atoms with E-state index in [2.05, 4.69) is 21.0 Å². The summed E-state index contributed by atoms with van der Waals surface area (Å²) in [4.78, 5) is 0. The Hall–Kier alpha value is -0.780. The van der Waals surface area contributed by atoms with Crippen molar-refractivity contribution in [1.82, 2.24) is 9.78 Å². The van der Waals surface area contributed by atoms with Gasteiger partial charge in [-0.15, -0.1) is 0 Å². The molecule has 2 rings (SSSR count). The number of hydrogen-bond acceptors (Lipinski definition) is 3. The van der Waals surface area contributed by atoms with Gasteiger partial charge in [-0.2, -0.15) is 5.10 Å². The Kier molecular flexibility index (Phi) is 3.84. The van der Waals surface area contributed by atoms with Crippen molar-refractivity contribution < 1.29 is 9.52 Å². The normalized spacial score (nSPS) is 13.3. The monoisotopic (exact) mass is 332 g/mol. The molecule has 1 unspecified atom stereocenters. The highest BCUT2D eigenvalue weighted by molar-refractivity contribution is 9.10. The zero-order valence-electron chi connectivity index (χ0n) is 10.3. The van der Waals surface area contributed by atoms with Crippen LogP contribution < -0.4 is 0 Å². The van der Waals surface area contributed by atoms with Gasteiger partial charge in [0.25, 0.3) is 0 Å². The Labute approximate surface area is 119 Å². The molecule has 2 heterocycles. The van der Waals surface area contributed by atoms with Gasteiger partial charge in [0.2, 0.25) is 0 Å². The van der Waals surface area contributed by atoms with Crippen LogP contribution in [0.25, 0.3) is 0 Å². The van der Waals surface area contributed by atoms with E-state index in [4.69, 9.17) is 16.0 Å². The predicted molar refractivity (Wildman–Crippen MR) is 72.8 cm³/mol. The van der Waals surface area contributed by atoms with E-state index in [0.717, 1.165) is 5.69 Å². The van der Waals surface area contributed by atoms with Crippen molar-refractivity contribution in [2.75, 3.05) is 0 Å². The fourth-order valence-electron chi connectivity index (χ4n) is 1.85. The summed E-state index contributed by atoms with van der Waals surface area (Å²) >= 11 is 9.54. The van der Waals surface area contributed by atoms with Gasteiger partial charge in [-0.3, -0.25) is 4.68 Å². The van der Waals surface area contributed by atoms with Crippen LogP contribution in [-0.4, -0.2) is 14.9 Å². The third kappa shape index (κ3) is 2.22. The third-order valence-corrected chi connectivity index (χ3v) is 3.86. The van der Waals surface area contributed by atoms with E-state index in [-0.39, 0.29) is 5.92 Å². The number of furan rings is 1. The number of aliphatic hydroxyl groups is 1. The molecule has 0 aliphatic rings. The fourth-order valence-corrected chi connectivity index (χ4v) is 2.51. The summed E-state index contributed by atoms with van der Waals surface area (Å²) in [6.07, 6.45) is 0.593. The van der Waals surface area contributed by atoms with Crippen LogP contribution in [0.15, 0.2) is 21.2 Å². The Morgan fingerprint density at radius 3 is 2.67 bits per heavy atom. The third-order valence-electron chi connectivity index (χ3n) is 2.75. The molecule has 1 atom stereocenters. The highest BCUT2D eigenvalue weighted by Crippen LogP contribution is 2.37. The smallest absolute Gasteiger partial charge is 0.151 e. The second-order valence-electron chi connectivity index (χ2n) is 4.40. The maximum Gasteiger partial charge on any atom is 0.151 e. The van der Waals surface area contributed by atoms with Crippen molar-refractivity contribution >= 4 is 27.5 Å². The second kappa shape index (κ2) is 5.07. The molecule has 2 aromatic rings. The van der Waals surface area contributed by atoms with E-state index in [0.29, 0.717) is 20.9 Å². The van der Waals surface area contributed by atoms with Crippen molar-refractivity contribution in [2.45, 2.75) is 25.9 Å². The van der Waals surface area contributed by atoms with Gasteiger partial charge in [0.05, 0.1) is 16.4 Å². The van der Waals surface area contributed by atoms with Crippen molar-refractivity contribution in [1.29, 1.82) is 0 Å². The first-order chi connectivity index (χ1) is 8.43. The van der Waals surface area contributed by atoms with Crippen LogP contribution in [-0.2, 0) is 7.05 Å². The van der Waals surface area contributed by atoms with Gasteiger partial charge in [-0.05, 0) is 27.9 Å². The van der Waals surface area contributed by atoms with E-state index >= 15 is 0 Å². The maximum atomic E-state index is 10.4. The molecule has 2 aromatic heterocycles. The summed E-state index contributed by atoms with van der Waals surface area (Å²) in [6.45, 7) is 4.01. The zero-order chi connectivity index (χ0) is 13.4. The van der Waals surface area contributed by atoms with Crippen molar-refractivity contribution in [3.63, 3.8) is 0 Å². The Balaban J connectivity index is 2.54. The summed E-state index contributed by atoms with van der Waals surface area (Å²) in [6, 6.07) is 1.73.